The molecule has 2 fully saturated rings. The van der Waals surface area contributed by atoms with Crippen molar-refractivity contribution in [2.45, 2.75) is 49.6 Å². The molecule has 1 saturated carbocycles. The van der Waals surface area contributed by atoms with Crippen LogP contribution in [0, 0.1) is 0 Å². The smallest absolute Gasteiger partial charge is 0.217 e. The van der Waals surface area contributed by atoms with Gasteiger partial charge in [0.1, 0.15) is 0 Å². The number of hydrogen-bond donors (Lipinski definition) is 2. The molecule has 2 aliphatic rings. The number of nitrogens with zero attached hydrogens (tertiary/aromatic N) is 1. The zero-order chi connectivity index (χ0) is 18.9. The van der Waals surface area contributed by atoms with Crippen LogP contribution in [0.5, 0.6) is 0 Å². The summed E-state index contributed by atoms with van der Waals surface area (Å²) in [5.41, 5.74) is 8.63. The molecule has 2 aromatic rings. The number of hydrogen-bond acceptors (Lipinski definition) is 4. The standard InChI is InChI=1S/C22H27ClN2O2/c23-18-8-4-7-17(13-18)22(15-24)11-9-19(10-12-22)25-20(14-27-21(25)26)16-5-2-1-3-6-16/h1-8,13,19-21,26H,9-12,14-15,24H2/t19?,20-,21?,22?/m1/s1. The van der Waals surface area contributed by atoms with Crippen molar-refractivity contribution in [2.75, 3.05) is 13.2 Å². The first kappa shape index (κ1) is 18.9. The van der Waals surface area contributed by atoms with Crippen molar-refractivity contribution >= 4 is 11.6 Å². The van der Waals surface area contributed by atoms with E-state index in [0.29, 0.717) is 13.2 Å². The van der Waals surface area contributed by atoms with E-state index in [0.717, 1.165) is 30.7 Å². The molecule has 27 heavy (non-hydrogen) atoms. The van der Waals surface area contributed by atoms with Crippen molar-refractivity contribution in [1.29, 1.82) is 0 Å². The Labute approximate surface area is 165 Å². The molecule has 0 radical (unpaired) electrons. The fraction of sp³-hybridized carbons (Fsp3) is 0.455. The van der Waals surface area contributed by atoms with Gasteiger partial charge in [-0.15, -0.1) is 0 Å². The molecule has 1 aliphatic heterocycles. The molecule has 5 heteroatoms. The van der Waals surface area contributed by atoms with Crippen LogP contribution in [0.15, 0.2) is 54.6 Å². The van der Waals surface area contributed by atoms with E-state index in [1.54, 1.807) is 0 Å². The van der Waals surface area contributed by atoms with Crippen molar-refractivity contribution < 1.29 is 9.84 Å². The molecule has 0 bridgehead atoms. The molecule has 1 aliphatic carbocycles. The van der Waals surface area contributed by atoms with Gasteiger partial charge in [0.05, 0.1) is 12.6 Å². The van der Waals surface area contributed by atoms with Gasteiger partial charge in [0.25, 0.3) is 0 Å². The normalized spacial score (nSPS) is 31.9. The number of benzene rings is 2. The highest BCUT2D eigenvalue weighted by Crippen LogP contribution is 2.44. The Hall–Kier alpha value is -1.43. The van der Waals surface area contributed by atoms with Crippen molar-refractivity contribution in [3.8, 4) is 0 Å². The molecule has 4 nitrogen and oxygen atoms in total. The highest BCUT2D eigenvalue weighted by molar-refractivity contribution is 6.30. The van der Waals surface area contributed by atoms with Gasteiger partial charge in [-0.2, -0.15) is 0 Å². The Morgan fingerprint density at radius 1 is 1.11 bits per heavy atom. The van der Waals surface area contributed by atoms with Crippen LogP contribution in [-0.2, 0) is 10.2 Å². The molecule has 0 spiro atoms. The van der Waals surface area contributed by atoms with Crippen LogP contribution >= 0.6 is 11.6 Å². The molecule has 1 unspecified atom stereocenters. The van der Waals surface area contributed by atoms with Crippen LogP contribution in [0.3, 0.4) is 0 Å². The second-order valence-electron chi connectivity index (χ2n) is 7.76. The molecule has 1 saturated heterocycles. The van der Waals surface area contributed by atoms with E-state index in [9.17, 15) is 5.11 Å². The Kier molecular flexibility index (Phi) is 5.53. The van der Waals surface area contributed by atoms with Gasteiger partial charge in [0, 0.05) is 23.0 Å². The molecule has 4 rings (SSSR count). The summed E-state index contributed by atoms with van der Waals surface area (Å²) in [5, 5.41) is 11.2. The Morgan fingerprint density at radius 3 is 2.52 bits per heavy atom. The third-order valence-corrected chi connectivity index (χ3v) is 6.60. The van der Waals surface area contributed by atoms with Gasteiger partial charge in [-0.1, -0.05) is 54.1 Å². The monoisotopic (exact) mass is 386 g/mol. The van der Waals surface area contributed by atoms with E-state index in [1.165, 1.54) is 11.1 Å². The van der Waals surface area contributed by atoms with Crippen LogP contribution in [0.2, 0.25) is 5.02 Å². The number of aliphatic hydroxyl groups excluding tert-OH is 1. The lowest BCUT2D eigenvalue weighted by atomic mass is 9.68. The maximum Gasteiger partial charge on any atom is 0.217 e. The highest BCUT2D eigenvalue weighted by Gasteiger charge is 2.43. The van der Waals surface area contributed by atoms with Gasteiger partial charge in [-0.25, -0.2) is 4.90 Å². The van der Waals surface area contributed by atoms with Crippen molar-refractivity contribution in [3.63, 3.8) is 0 Å². The van der Waals surface area contributed by atoms with E-state index in [2.05, 4.69) is 29.2 Å². The summed E-state index contributed by atoms with van der Waals surface area (Å²) in [6.07, 6.45) is 3.09. The van der Waals surface area contributed by atoms with E-state index < -0.39 is 6.41 Å². The first-order chi connectivity index (χ1) is 13.1. The summed E-state index contributed by atoms with van der Waals surface area (Å²) >= 11 is 6.22. The van der Waals surface area contributed by atoms with Crippen molar-refractivity contribution in [3.05, 3.63) is 70.7 Å². The fourth-order valence-electron chi connectivity index (χ4n) is 4.76. The van der Waals surface area contributed by atoms with E-state index >= 15 is 0 Å². The van der Waals surface area contributed by atoms with Crippen molar-refractivity contribution in [1.82, 2.24) is 4.90 Å². The molecule has 144 valence electrons. The fourth-order valence-corrected chi connectivity index (χ4v) is 4.95. The summed E-state index contributed by atoms with van der Waals surface area (Å²) in [7, 11) is 0. The Bertz CT molecular complexity index is 762. The zero-order valence-corrected chi connectivity index (χ0v) is 16.2. The molecule has 3 N–H and O–H groups in total. The average Bonchev–Trinajstić information content (AvgIpc) is 3.10. The van der Waals surface area contributed by atoms with E-state index in [-0.39, 0.29) is 17.5 Å². The summed E-state index contributed by atoms with van der Waals surface area (Å²) < 4.78 is 5.60. The summed E-state index contributed by atoms with van der Waals surface area (Å²) in [6, 6.07) is 18.8. The van der Waals surface area contributed by atoms with Crippen LogP contribution < -0.4 is 5.73 Å². The number of aliphatic hydroxyl groups is 1. The lowest BCUT2D eigenvalue weighted by Gasteiger charge is -2.44. The zero-order valence-electron chi connectivity index (χ0n) is 15.4. The van der Waals surface area contributed by atoms with Crippen LogP contribution in [-0.4, -0.2) is 35.6 Å². The van der Waals surface area contributed by atoms with Crippen LogP contribution in [0.25, 0.3) is 0 Å². The minimum Gasteiger partial charge on any atom is -0.356 e. The minimum atomic E-state index is -0.836. The second kappa shape index (κ2) is 7.90. The maximum atomic E-state index is 10.5. The van der Waals surface area contributed by atoms with E-state index in [4.69, 9.17) is 22.1 Å². The van der Waals surface area contributed by atoms with Gasteiger partial charge >= 0.3 is 0 Å². The van der Waals surface area contributed by atoms with Gasteiger partial charge in [-0.05, 0) is 48.9 Å². The van der Waals surface area contributed by atoms with Gasteiger partial charge in [0.15, 0.2) is 0 Å². The number of nitrogens with two attached hydrogens (primary N) is 1. The molecular weight excluding hydrogens is 360 g/mol. The predicted octanol–water partition coefficient (Wildman–Crippen LogP) is 3.83. The van der Waals surface area contributed by atoms with Crippen LogP contribution in [0.4, 0.5) is 0 Å². The molecular formula is C22H27ClN2O2. The number of halogens is 1. The first-order valence-corrected chi connectivity index (χ1v) is 10.1. The predicted molar refractivity (Wildman–Crippen MR) is 107 cm³/mol. The molecule has 0 amide bonds. The Balaban J connectivity index is 1.52. The topological polar surface area (TPSA) is 58.7 Å². The minimum absolute atomic E-state index is 0.0326. The molecule has 0 aromatic heterocycles. The second-order valence-corrected chi connectivity index (χ2v) is 8.20. The third-order valence-electron chi connectivity index (χ3n) is 6.36. The number of ether oxygens (including phenoxy) is 1. The number of rotatable bonds is 4. The highest BCUT2D eigenvalue weighted by atomic mass is 35.5. The van der Waals surface area contributed by atoms with Crippen molar-refractivity contribution in [2.24, 2.45) is 5.73 Å². The van der Waals surface area contributed by atoms with Crippen LogP contribution in [0.1, 0.15) is 42.9 Å². The Morgan fingerprint density at radius 2 is 1.85 bits per heavy atom. The van der Waals surface area contributed by atoms with Gasteiger partial charge < -0.3 is 15.6 Å². The molecule has 2 aromatic carbocycles. The maximum absolute atomic E-state index is 10.5. The molecule has 1 heterocycles. The average molecular weight is 387 g/mol. The first-order valence-electron chi connectivity index (χ1n) is 9.71. The van der Waals surface area contributed by atoms with E-state index in [1.807, 2.05) is 30.3 Å². The summed E-state index contributed by atoms with van der Waals surface area (Å²) in [4.78, 5) is 2.15. The van der Waals surface area contributed by atoms with Gasteiger partial charge in [0.2, 0.25) is 6.41 Å². The molecule has 2 atom stereocenters. The van der Waals surface area contributed by atoms with Gasteiger partial charge in [-0.3, -0.25) is 0 Å². The summed E-state index contributed by atoms with van der Waals surface area (Å²) in [5.74, 6) is 0. The summed E-state index contributed by atoms with van der Waals surface area (Å²) in [6.45, 7) is 1.14. The lowest BCUT2D eigenvalue weighted by molar-refractivity contribution is -0.154. The SMILES string of the molecule is NCC1(c2cccc(Cl)c2)CCC(N2C(O)OC[C@@H]2c2ccccc2)CC1. The lowest BCUT2D eigenvalue weighted by Crippen LogP contribution is -2.48. The third kappa shape index (κ3) is 3.65. The quantitative estimate of drug-likeness (QED) is 0.838. The largest absolute Gasteiger partial charge is 0.356 e.